The third kappa shape index (κ3) is 5.45. The first-order chi connectivity index (χ1) is 20.9. The molecule has 4 aromatic carbocycles. The van der Waals surface area contributed by atoms with E-state index in [0.717, 1.165) is 11.6 Å². The Kier molecular flexibility index (Phi) is 8.07. The maximum absolute atomic E-state index is 14.4. The molecule has 44 heavy (non-hydrogen) atoms. The normalized spacial score (nSPS) is 11.4. The second-order valence-electron chi connectivity index (χ2n) is 10.2. The zero-order chi connectivity index (χ0) is 31.8. The number of benzene rings is 4. The van der Waals surface area contributed by atoms with Crippen LogP contribution < -0.4 is 4.31 Å². The molecular weight excluding hydrogens is 584 g/mol. The number of rotatable bonds is 8. The molecule has 224 valence electrons. The lowest BCUT2D eigenvalue weighted by molar-refractivity contribution is -0.384. The number of esters is 1. The summed E-state index contributed by atoms with van der Waals surface area (Å²) in [6.45, 7) is 6.97. The Hall–Kier alpha value is -5.29. The Bertz CT molecular complexity index is 2050. The minimum Gasteiger partial charge on any atom is -0.462 e. The monoisotopic (exact) mass is 612 g/mol. The van der Waals surface area contributed by atoms with Crippen LogP contribution in [0.1, 0.15) is 44.3 Å². The van der Waals surface area contributed by atoms with Gasteiger partial charge in [-0.1, -0.05) is 42.5 Å². The molecular formula is C33H28N2O8S. The fraction of sp³-hybridized carbons (Fsp3) is 0.152. The molecule has 0 N–H and O–H groups in total. The lowest BCUT2D eigenvalue weighted by Crippen LogP contribution is -2.37. The van der Waals surface area contributed by atoms with Gasteiger partial charge in [-0.05, 0) is 74.7 Å². The van der Waals surface area contributed by atoms with Gasteiger partial charge in [-0.3, -0.25) is 14.9 Å². The number of fused-ring (bicyclic) bond motifs is 1. The summed E-state index contributed by atoms with van der Waals surface area (Å²) in [5.41, 5.74) is 2.20. The first-order valence-corrected chi connectivity index (χ1v) is 15.1. The number of nitro benzene ring substituents is 1. The number of carbonyl (C=O) groups excluding carboxylic acids is 2. The van der Waals surface area contributed by atoms with Gasteiger partial charge in [-0.25, -0.2) is 13.2 Å². The minimum absolute atomic E-state index is 0.0670. The summed E-state index contributed by atoms with van der Waals surface area (Å²) >= 11 is 0. The van der Waals surface area contributed by atoms with Gasteiger partial charge in [0.1, 0.15) is 16.9 Å². The van der Waals surface area contributed by atoms with E-state index in [1.54, 1.807) is 51.1 Å². The van der Waals surface area contributed by atoms with Gasteiger partial charge in [0.25, 0.3) is 21.6 Å². The summed E-state index contributed by atoms with van der Waals surface area (Å²) in [5, 5.41) is 11.7. The molecule has 1 aromatic heterocycles. The van der Waals surface area contributed by atoms with Crippen LogP contribution in [0.2, 0.25) is 0 Å². The lowest BCUT2D eigenvalue weighted by atomic mass is 10.1. The predicted octanol–water partition coefficient (Wildman–Crippen LogP) is 7.15. The molecule has 0 fully saturated rings. The number of non-ortho nitro benzene ring substituents is 1. The van der Waals surface area contributed by atoms with E-state index in [9.17, 15) is 28.1 Å². The van der Waals surface area contributed by atoms with E-state index in [2.05, 4.69) is 0 Å². The van der Waals surface area contributed by atoms with Gasteiger partial charge in [-0.2, -0.15) is 4.31 Å². The Morgan fingerprint density at radius 3 is 2.27 bits per heavy atom. The molecule has 10 nitrogen and oxygen atoms in total. The molecule has 0 unspecified atom stereocenters. The Labute approximate surface area is 253 Å². The molecule has 11 heteroatoms. The van der Waals surface area contributed by atoms with Crippen molar-refractivity contribution in [1.29, 1.82) is 0 Å². The third-order valence-corrected chi connectivity index (χ3v) is 9.07. The van der Waals surface area contributed by atoms with Gasteiger partial charge < -0.3 is 9.15 Å². The standard InChI is InChI=1S/C33H28N2O8S/c1-5-42-33(37)30-27-19-25(14-15-28(27)43-31(30)23-10-7-6-8-11-23)34(32(36)24-12-9-13-26(18-24)35(38)39)44(40,41)29-17-21(3)20(2)16-22(29)4/h6-19H,5H2,1-4H3. The molecule has 0 aliphatic heterocycles. The topological polar surface area (TPSA) is 137 Å². The van der Waals surface area contributed by atoms with E-state index >= 15 is 0 Å². The molecule has 0 radical (unpaired) electrons. The first-order valence-electron chi connectivity index (χ1n) is 13.6. The van der Waals surface area contributed by atoms with Crippen molar-refractivity contribution in [3.05, 3.63) is 123 Å². The van der Waals surface area contributed by atoms with Crippen molar-refractivity contribution >= 4 is 44.2 Å². The van der Waals surface area contributed by atoms with Gasteiger partial charge in [-0.15, -0.1) is 0 Å². The molecule has 0 saturated heterocycles. The van der Waals surface area contributed by atoms with E-state index < -0.39 is 26.8 Å². The molecule has 0 saturated carbocycles. The van der Waals surface area contributed by atoms with Gasteiger partial charge >= 0.3 is 5.97 Å². The average molecular weight is 613 g/mol. The summed E-state index contributed by atoms with van der Waals surface area (Å²) in [6, 6.07) is 21.1. The molecule has 0 spiro atoms. The molecule has 5 aromatic rings. The molecule has 0 bridgehead atoms. The SMILES string of the molecule is CCOC(=O)c1c(-c2ccccc2)oc2ccc(N(C(=O)c3cccc([N+](=O)[O-])c3)S(=O)(=O)c3cc(C)c(C)cc3C)cc12. The highest BCUT2D eigenvalue weighted by molar-refractivity contribution is 7.93. The van der Waals surface area contributed by atoms with Crippen LogP contribution in [0.5, 0.6) is 0 Å². The fourth-order valence-corrected chi connectivity index (χ4v) is 6.66. The van der Waals surface area contributed by atoms with Crippen molar-refractivity contribution in [2.75, 3.05) is 10.9 Å². The van der Waals surface area contributed by atoms with Crippen molar-refractivity contribution in [3.63, 3.8) is 0 Å². The summed E-state index contributed by atoms with van der Waals surface area (Å²) in [6.07, 6.45) is 0. The number of amides is 1. The van der Waals surface area contributed by atoms with Gasteiger partial charge in [0.2, 0.25) is 0 Å². The number of sulfonamides is 1. The van der Waals surface area contributed by atoms with E-state index in [1.165, 1.54) is 42.5 Å². The Morgan fingerprint density at radius 2 is 1.59 bits per heavy atom. The molecule has 0 aliphatic carbocycles. The van der Waals surface area contributed by atoms with Gasteiger partial charge in [0, 0.05) is 28.6 Å². The van der Waals surface area contributed by atoms with Crippen molar-refractivity contribution in [3.8, 4) is 11.3 Å². The summed E-state index contributed by atoms with van der Waals surface area (Å²) in [5.74, 6) is -1.48. The number of hydrogen-bond donors (Lipinski definition) is 0. The zero-order valence-corrected chi connectivity index (χ0v) is 25.2. The van der Waals surface area contributed by atoms with Crippen LogP contribution in [0.25, 0.3) is 22.3 Å². The molecule has 1 heterocycles. The third-order valence-electron chi connectivity index (χ3n) is 7.22. The Balaban J connectivity index is 1.78. The zero-order valence-electron chi connectivity index (χ0n) is 24.4. The summed E-state index contributed by atoms with van der Waals surface area (Å²) in [7, 11) is -4.59. The maximum atomic E-state index is 14.4. The number of furan rings is 1. The number of hydrogen-bond acceptors (Lipinski definition) is 8. The van der Waals surface area contributed by atoms with Crippen LogP contribution in [-0.4, -0.2) is 31.8 Å². The second kappa shape index (κ2) is 11.8. The van der Waals surface area contributed by atoms with Gasteiger partial charge in [0.05, 0.1) is 22.1 Å². The average Bonchev–Trinajstić information content (AvgIpc) is 3.38. The second-order valence-corrected chi connectivity index (χ2v) is 11.9. The summed E-state index contributed by atoms with van der Waals surface area (Å²) in [4.78, 5) is 38.0. The van der Waals surface area contributed by atoms with Crippen LogP contribution in [0.15, 0.2) is 94.2 Å². The predicted molar refractivity (Wildman–Crippen MR) is 165 cm³/mol. The van der Waals surface area contributed by atoms with E-state index in [4.69, 9.17) is 9.15 Å². The number of carbonyl (C=O) groups is 2. The van der Waals surface area contributed by atoms with Crippen LogP contribution in [0.4, 0.5) is 11.4 Å². The first kappa shape index (κ1) is 30.2. The maximum Gasteiger partial charge on any atom is 0.342 e. The van der Waals surface area contributed by atoms with Crippen LogP contribution in [-0.2, 0) is 14.8 Å². The number of nitro groups is 1. The van der Waals surface area contributed by atoms with Crippen LogP contribution in [0, 0.1) is 30.9 Å². The van der Waals surface area contributed by atoms with Crippen molar-refractivity contribution in [2.45, 2.75) is 32.6 Å². The highest BCUT2D eigenvalue weighted by Gasteiger charge is 2.35. The minimum atomic E-state index is -4.59. The van der Waals surface area contributed by atoms with Crippen LogP contribution >= 0.6 is 0 Å². The molecule has 5 rings (SSSR count). The van der Waals surface area contributed by atoms with E-state index in [-0.39, 0.29) is 50.7 Å². The number of nitrogens with zero attached hydrogens (tertiary/aromatic N) is 2. The Morgan fingerprint density at radius 1 is 0.886 bits per heavy atom. The fourth-order valence-electron chi connectivity index (χ4n) is 4.96. The molecule has 0 aliphatic rings. The van der Waals surface area contributed by atoms with E-state index in [1.807, 2.05) is 13.0 Å². The van der Waals surface area contributed by atoms with Crippen molar-refractivity contribution < 1.29 is 32.1 Å². The smallest absolute Gasteiger partial charge is 0.342 e. The van der Waals surface area contributed by atoms with Crippen LogP contribution in [0.3, 0.4) is 0 Å². The lowest BCUT2D eigenvalue weighted by Gasteiger charge is -2.24. The quantitative estimate of drug-likeness (QED) is 0.102. The van der Waals surface area contributed by atoms with Crippen molar-refractivity contribution in [2.24, 2.45) is 0 Å². The van der Waals surface area contributed by atoms with Crippen molar-refractivity contribution in [1.82, 2.24) is 0 Å². The number of anilines is 1. The number of aryl methyl sites for hydroxylation is 3. The van der Waals surface area contributed by atoms with Gasteiger partial charge in [0.15, 0.2) is 0 Å². The number of ether oxygens (including phenoxy) is 1. The van der Waals surface area contributed by atoms with E-state index in [0.29, 0.717) is 21.0 Å². The molecule has 0 atom stereocenters. The molecule has 1 amide bonds. The highest BCUT2D eigenvalue weighted by Crippen LogP contribution is 2.38. The highest BCUT2D eigenvalue weighted by atomic mass is 32.2. The summed E-state index contributed by atoms with van der Waals surface area (Å²) < 4.78 is 40.8. The largest absolute Gasteiger partial charge is 0.462 e.